The van der Waals surface area contributed by atoms with E-state index in [0.717, 1.165) is 13.1 Å². The highest BCUT2D eigenvalue weighted by Gasteiger charge is 2.02. The Bertz CT molecular complexity index is 309. The summed E-state index contributed by atoms with van der Waals surface area (Å²) in [5, 5.41) is 3.51. The molecule has 0 bridgehead atoms. The van der Waals surface area contributed by atoms with E-state index in [-0.39, 0.29) is 0 Å². The zero-order valence-corrected chi connectivity index (χ0v) is 11.4. The van der Waals surface area contributed by atoms with Gasteiger partial charge in [-0.3, -0.25) is 0 Å². The molecule has 0 amide bonds. The fourth-order valence-corrected chi connectivity index (χ4v) is 1.82. The second kappa shape index (κ2) is 7.43. The van der Waals surface area contributed by atoms with Crippen LogP contribution in [0, 0.1) is 0 Å². The van der Waals surface area contributed by atoms with Gasteiger partial charge in [-0.25, -0.2) is 0 Å². The summed E-state index contributed by atoms with van der Waals surface area (Å²) in [6.45, 7) is 4.87. The highest BCUT2D eigenvalue weighted by molar-refractivity contribution is 5.21. The number of hydrogen-bond donors (Lipinski definition) is 1. The Labute approximate surface area is 105 Å². The van der Waals surface area contributed by atoms with E-state index in [0.29, 0.717) is 12.6 Å². The molecule has 0 aliphatic heterocycles. The van der Waals surface area contributed by atoms with E-state index in [4.69, 9.17) is 4.74 Å². The van der Waals surface area contributed by atoms with Crippen molar-refractivity contribution < 1.29 is 4.74 Å². The Balaban J connectivity index is 2.36. The zero-order valence-electron chi connectivity index (χ0n) is 11.4. The van der Waals surface area contributed by atoms with Gasteiger partial charge in [-0.15, -0.1) is 0 Å². The minimum atomic E-state index is 0.503. The Hall–Kier alpha value is -0.900. The van der Waals surface area contributed by atoms with Crippen LogP contribution in [-0.2, 0) is 17.9 Å². The molecule has 0 aromatic heterocycles. The van der Waals surface area contributed by atoms with Gasteiger partial charge < -0.3 is 15.0 Å². The van der Waals surface area contributed by atoms with Crippen molar-refractivity contribution in [3.63, 3.8) is 0 Å². The highest BCUT2D eigenvalue weighted by atomic mass is 16.5. The third-order valence-electron chi connectivity index (χ3n) is 2.63. The number of ether oxygens (including phenoxy) is 1. The average molecular weight is 236 g/mol. The summed E-state index contributed by atoms with van der Waals surface area (Å²) in [4.78, 5) is 2.19. The lowest BCUT2D eigenvalue weighted by atomic mass is 10.1. The van der Waals surface area contributed by atoms with Crippen LogP contribution >= 0.6 is 0 Å². The van der Waals surface area contributed by atoms with Crippen molar-refractivity contribution in [1.29, 1.82) is 0 Å². The topological polar surface area (TPSA) is 24.5 Å². The molecule has 0 fully saturated rings. The van der Waals surface area contributed by atoms with Crippen molar-refractivity contribution >= 4 is 0 Å². The van der Waals surface area contributed by atoms with Gasteiger partial charge in [0.15, 0.2) is 0 Å². The Morgan fingerprint density at radius 1 is 1.18 bits per heavy atom. The van der Waals surface area contributed by atoms with Gasteiger partial charge in [-0.2, -0.15) is 0 Å². The molecule has 1 aromatic carbocycles. The number of nitrogens with one attached hydrogen (secondary N) is 1. The van der Waals surface area contributed by atoms with Crippen LogP contribution in [-0.4, -0.2) is 38.7 Å². The summed E-state index contributed by atoms with van der Waals surface area (Å²) >= 11 is 0. The fourth-order valence-electron chi connectivity index (χ4n) is 1.82. The molecule has 1 unspecified atom stereocenters. The Kier molecular flexibility index (Phi) is 6.19. The van der Waals surface area contributed by atoms with Crippen molar-refractivity contribution in [3.8, 4) is 0 Å². The molecule has 1 atom stereocenters. The van der Waals surface area contributed by atoms with Crippen LogP contribution in [0.15, 0.2) is 24.3 Å². The molecule has 0 aliphatic carbocycles. The second-order valence-electron chi connectivity index (χ2n) is 4.79. The van der Waals surface area contributed by atoms with Crippen LogP contribution in [0.5, 0.6) is 0 Å². The van der Waals surface area contributed by atoms with E-state index in [1.165, 1.54) is 11.1 Å². The molecule has 3 heteroatoms. The van der Waals surface area contributed by atoms with Gasteiger partial charge in [-0.1, -0.05) is 24.3 Å². The van der Waals surface area contributed by atoms with Gasteiger partial charge >= 0.3 is 0 Å². The third-order valence-corrected chi connectivity index (χ3v) is 2.63. The minimum Gasteiger partial charge on any atom is -0.380 e. The number of nitrogens with zero attached hydrogens (tertiary/aromatic N) is 1. The third kappa shape index (κ3) is 5.82. The summed E-state index contributed by atoms with van der Waals surface area (Å²) in [5.41, 5.74) is 2.54. The molecule has 0 saturated heterocycles. The second-order valence-corrected chi connectivity index (χ2v) is 4.79. The highest BCUT2D eigenvalue weighted by Crippen LogP contribution is 2.05. The first-order valence-electron chi connectivity index (χ1n) is 6.06. The molecule has 17 heavy (non-hydrogen) atoms. The molecule has 1 aromatic rings. The van der Waals surface area contributed by atoms with Crippen LogP contribution in [0.3, 0.4) is 0 Å². The van der Waals surface area contributed by atoms with Crippen LogP contribution in [0.4, 0.5) is 0 Å². The van der Waals surface area contributed by atoms with Gasteiger partial charge in [0, 0.05) is 26.2 Å². The van der Waals surface area contributed by atoms with Gasteiger partial charge in [0.2, 0.25) is 0 Å². The van der Waals surface area contributed by atoms with Gasteiger partial charge in [0.25, 0.3) is 0 Å². The molecule has 3 nitrogen and oxygen atoms in total. The minimum absolute atomic E-state index is 0.503. The normalized spacial score (nSPS) is 13.0. The van der Waals surface area contributed by atoms with Crippen molar-refractivity contribution in [2.75, 3.05) is 27.7 Å². The number of rotatable bonds is 7. The molecule has 1 rings (SSSR count). The molecule has 0 spiro atoms. The quantitative estimate of drug-likeness (QED) is 0.782. The van der Waals surface area contributed by atoms with Crippen molar-refractivity contribution in [2.45, 2.75) is 26.1 Å². The Morgan fingerprint density at radius 2 is 1.76 bits per heavy atom. The Morgan fingerprint density at radius 3 is 2.29 bits per heavy atom. The van der Waals surface area contributed by atoms with Crippen LogP contribution in [0.25, 0.3) is 0 Å². The molecular formula is C14H24N2O. The molecule has 1 N–H and O–H groups in total. The molecular weight excluding hydrogens is 212 g/mol. The maximum atomic E-state index is 5.09. The molecule has 0 aliphatic rings. The maximum Gasteiger partial charge on any atom is 0.0713 e. The summed E-state index contributed by atoms with van der Waals surface area (Å²) in [6, 6.07) is 9.06. The summed E-state index contributed by atoms with van der Waals surface area (Å²) in [6.07, 6.45) is 0. The van der Waals surface area contributed by atoms with E-state index in [1.807, 2.05) is 0 Å². The van der Waals surface area contributed by atoms with Crippen LogP contribution in [0.2, 0.25) is 0 Å². The first kappa shape index (κ1) is 14.2. The zero-order chi connectivity index (χ0) is 12.7. The van der Waals surface area contributed by atoms with E-state index in [2.05, 4.69) is 55.5 Å². The standard InChI is InChI=1S/C14H24N2O/c1-12(10-16(2)3)15-9-13-5-7-14(8-6-13)11-17-4/h5-8,12,15H,9-11H2,1-4H3. The van der Waals surface area contributed by atoms with Crippen molar-refractivity contribution in [2.24, 2.45) is 0 Å². The lowest BCUT2D eigenvalue weighted by Crippen LogP contribution is -2.35. The number of methoxy groups -OCH3 is 1. The van der Waals surface area contributed by atoms with Gasteiger partial charge in [0.1, 0.15) is 0 Å². The number of hydrogen-bond acceptors (Lipinski definition) is 3. The molecule has 0 heterocycles. The largest absolute Gasteiger partial charge is 0.380 e. The van der Waals surface area contributed by atoms with E-state index >= 15 is 0 Å². The summed E-state index contributed by atoms with van der Waals surface area (Å²) < 4.78 is 5.09. The van der Waals surface area contributed by atoms with E-state index in [1.54, 1.807) is 7.11 Å². The number of benzene rings is 1. The first-order chi connectivity index (χ1) is 8.11. The van der Waals surface area contributed by atoms with Crippen LogP contribution in [0.1, 0.15) is 18.1 Å². The predicted molar refractivity (Wildman–Crippen MR) is 72.0 cm³/mol. The first-order valence-corrected chi connectivity index (χ1v) is 6.06. The SMILES string of the molecule is COCc1ccc(CNC(C)CN(C)C)cc1. The molecule has 96 valence electrons. The van der Waals surface area contributed by atoms with E-state index < -0.39 is 0 Å². The smallest absolute Gasteiger partial charge is 0.0713 e. The van der Waals surface area contributed by atoms with Crippen LogP contribution < -0.4 is 5.32 Å². The average Bonchev–Trinajstić information content (AvgIpc) is 2.28. The van der Waals surface area contributed by atoms with Crippen molar-refractivity contribution in [3.05, 3.63) is 35.4 Å². The van der Waals surface area contributed by atoms with Gasteiger partial charge in [0.05, 0.1) is 6.61 Å². The lowest BCUT2D eigenvalue weighted by Gasteiger charge is -2.18. The lowest BCUT2D eigenvalue weighted by molar-refractivity contribution is 0.185. The number of likely N-dealkylation sites (N-methyl/N-ethyl adjacent to an activating group) is 1. The van der Waals surface area contributed by atoms with E-state index in [9.17, 15) is 0 Å². The molecule has 0 saturated carbocycles. The molecule has 0 radical (unpaired) electrons. The summed E-state index contributed by atoms with van der Waals surface area (Å²) in [5.74, 6) is 0. The summed E-state index contributed by atoms with van der Waals surface area (Å²) in [7, 11) is 5.91. The fraction of sp³-hybridized carbons (Fsp3) is 0.571. The maximum absolute atomic E-state index is 5.09. The van der Waals surface area contributed by atoms with Crippen molar-refractivity contribution in [1.82, 2.24) is 10.2 Å². The predicted octanol–water partition coefficient (Wildman–Crippen LogP) is 1.87. The monoisotopic (exact) mass is 236 g/mol. The van der Waals surface area contributed by atoms with Gasteiger partial charge in [-0.05, 0) is 32.1 Å².